The third kappa shape index (κ3) is 2.73. The van der Waals surface area contributed by atoms with Gasteiger partial charge in [0, 0.05) is 16.2 Å². The Bertz CT molecular complexity index is 809. The second-order valence-electron chi connectivity index (χ2n) is 5.66. The van der Waals surface area contributed by atoms with E-state index in [9.17, 15) is 0 Å². The zero-order valence-corrected chi connectivity index (χ0v) is 13.6. The van der Waals surface area contributed by atoms with Crippen LogP contribution in [0.4, 0.5) is 0 Å². The minimum atomic E-state index is 0.364. The van der Waals surface area contributed by atoms with E-state index in [1.807, 2.05) is 30.3 Å². The molecule has 0 saturated heterocycles. The lowest BCUT2D eigenvalue weighted by molar-refractivity contribution is 0.210. The van der Waals surface area contributed by atoms with Crippen LogP contribution in [-0.4, -0.2) is 21.1 Å². The van der Waals surface area contributed by atoms with Crippen molar-refractivity contribution in [3.05, 3.63) is 41.0 Å². The summed E-state index contributed by atoms with van der Waals surface area (Å²) >= 11 is 3.43. The van der Waals surface area contributed by atoms with Gasteiger partial charge in [-0.1, -0.05) is 12.1 Å². The molecule has 22 heavy (non-hydrogen) atoms. The predicted molar refractivity (Wildman–Crippen MR) is 89.9 cm³/mol. The van der Waals surface area contributed by atoms with Gasteiger partial charge in [-0.15, -0.1) is 0 Å². The first kappa shape index (κ1) is 13.8. The third-order valence-corrected chi connectivity index (χ3v) is 4.45. The Morgan fingerprint density at radius 2 is 2.05 bits per heavy atom. The first-order chi connectivity index (χ1) is 10.8. The van der Waals surface area contributed by atoms with E-state index >= 15 is 0 Å². The Morgan fingerprint density at radius 1 is 1.18 bits per heavy atom. The lowest BCUT2D eigenvalue weighted by atomic mass is 10.2. The largest absolute Gasteiger partial charge is 0.490 e. The Hall–Kier alpha value is -1.88. The number of hydrogen-bond acceptors (Lipinski definition) is 3. The van der Waals surface area contributed by atoms with Crippen LogP contribution < -0.4 is 4.74 Å². The standard InChI is InChI=1S/C17H16BrN3O/c18-12-9-15-17(19-10-12)21-16(20-15)11-4-3-7-14(8-11)22-13-5-1-2-6-13/h3-4,7-10,13H,1-2,5-6H2,(H,19,20,21). The summed E-state index contributed by atoms with van der Waals surface area (Å²) < 4.78 is 7.00. The lowest BCUT2D eigenvalue weighted by Gasteiger charge is -2.13. The van der Waals surface area contributed by atoms with Crippen LogP contribution >= 0.6 is 15.9 Å². The number of aromatic amines is 1. The van der Waals surface area contributed by atoms with Crippen LogP contribution in [0.1, 0.15) is 25.7 Å². The molecule has 1 N–H and O–H groups in total. The Balaban J connectivity index is 1.65. The van der Waals surface area contributed by atoms with Crippen LogP contribution in [0, 0.1) is 0 Å². The smallest absolute Gasteiger partial charge is 0.178 e. The van der Waals surface area contributed by atoms with Gasteiger partial charge in [-0.2, -0.15) is 0 Å². The summed E-state index contributed by atoms with van der Waals surface area (Å²) in [6.07, 6.45) is 6.98. The summed E-state index contributed by atoms with van der Waals surface area (Å²) in [4.78, 5) is 12.2. The highest BCUT2D eigenvalue weighted by atomic mass is 79.9. The molecule has 0 bridgehead atoms. The maximum absolute atomic E-state index is 6.07. The zero-order chi connectivity index (χ0) is 14.9. The highest BCUT2D eigenvalue weighted by Crippen LogP contribution is 2.28. The number of benzene rings is 1. The number of ether oxygens (including phenoxy) is 1. The van der Waals surface area contributed by atoms with Crippen molar-refractivity contribution in [2.75, 3.05) is 0 Å². The molecule has 0 unspecified atom stereocenters. The molecule has 0 aliphatic heterocycles. The number of halogens is 1. The fraction of sp³-hybridized carbons (Fsp3) is 0.294. The molecule has 2 heterocycles. The molecular formula is C17H16BrN3O. The average Bonchev–Trinajstić information content (AvgIpc) is 3.16. The molecule has 0 amide bonds. The highest BCUT2D eigenvalue weighted by Gasteiger charge is 2.16. The van der Waals surface area contributed by atoms with Crippen LogP contribution in [0.3, 0.4) is 0 Å². The molecule has 1 aromatic carbocycles. The zero-order valence-electron chi connectivity index (χ0n) is 12.1. The second-order valence-corrected chi connectivity index (χ2v) is 6.58. The molecule has 0 atom stereocenters. The van der Waals surface area contributed by atoms with Gasteiger partial charge in [0.25, 0.3) is 0 Å². The summed E-state index contributed by atoms with van der Waals surface area (Å²) in [6, 6.07) is 10.1. The number of fused-ring (bicyclic) bond motifs is 1. The van der Waals surface area contributed by atoms with Gasteiger partial charge in [-0.05, 0) is 59.8 Å². The van der Waals surface area contributed by atoms with Crippen molar-refractivity contribution in [1.29, 1.82) is 0 Å². The molecule has 4 rings (SSSR count). The molecule has 3 aromatic rings. The average molecular weight is 358 g/mol. The summed E-state index contributed by atoms with van der Waals surface area (Å²) in [5.41, 5.74) is 2.66. The Morgan fingerprint density at radius 3 is 2.91 bits per heavy atom. The van der Waals surface area contributed by atoms with Gasteiger partial charge in [0.2, 0.25) is 0 Å². The van der Waals surface area contributed by atoms with E-state index in [4.69, 9.17) is 4.74 Å². The van der Waals surface area contributed by atoms with Crippen molar-refractivity contribution in [2.24, 2.45) is 0 Å². The van der Waals surface area contributed by atoms with Crippen molar-refractivity contribution in [3.8, 4) is 17.1 Å². The van der Waals surface area contributed by atoms with Gasteiger partial charge in [0.1, 0.15) is 11.6 Å². The summed E-state index contributed by atoms with van der Waals surface area (Å²) in [6.45, 7) is 0. The van der Waals surface area contributed by atoms with Gasteiger partial charge in [-0.25, -0.2) is 9.97 Å². The summed E-state index contributed by atoms with van der Waals surface area (Å²) in [5.74, 6) is 1.73. The molecule has 4 nitrogen and oxygen atoms in total. The van der Waals surface area contributed by atoms with E-state index < -0.39 is 0 Å². The van der Waals surface area contributed by atoms with Crippen LogP contribution in [0.5, 0.6) is 5.75 Å². The van der Waals surface area contributed by atoms with Crippen LogP contribution in [0.2, 0.25) is 0 Å². The third-order valence-electron chi connectivity index (χ3n) is 4.02. The topological polar surface area (TPSA) is 50.8 Å². The summed E-state index contributed by atoms with van der Waals surface area (Å²) in [7, 11) is 0. The van der Waals surface area contributed by atoms with Crippen molar-refractivity contribution in [1.82, 2.24) is 15.0 Å². The molecule has 112 valence electrons. The first-order valence-corrected chi connectivity index (χ1v) is 8.35. The van der Waals surface area contributed by atoms with Gasteiger partial charge < -0.3 is 9.72 Å². The number of nitrogens with zero attached hydrogens (tertiary/aromatic N) is 2. The minimum Gasteiger partial charge on any atom is -0.490 e. The van der Waals surface area contributed by atoms with E-state index in [0.29, 0.717) is 6.10 Å². The molecule has 0 radical (unpaired) electrons. The Kier molecular flexibility index (Phi) is 3.58. The minimum absolute atomic E-state index is 0.364. The van der Waals surface area contributed by atoms with Gasteiger partial charge in [-0.3, -0.25) is 0 Å². The number of H-pyrrole nitrogens is 1. The van der Waals surface area contributed by atoms with Crippen LogP contribution in [0.15, 0.2) is 41.0 Å². The molecule has 5 heteroatoms. The second kappa shape index (κ2) is 5.72. The van der Waals surface area contributed by atoms with Crippen molar-refractivity contribution >= 4 is 27.1 Å². The fourth-order valence-electron chi connectivity index (χ4n) is 2.93. The summed E-state index contributed by atoms with van der Waals surface area (Å²) in [5, 5.41) is 0. The van der Waals surface area contributed by atoms with Gasteiger partial charge >= 0.3 is 0 Å². The number of imidazole rings is 1. The maximum atomic E-state index is 6.07. The quantitative estimate of drug-likeness (QED) is 0.738. The maximum Gasteiger partial charge on any atom is 0.178 e. The molecular weight excluding hydrogens is 342 g/mol. The van der Waals surface area contributed by atoms with Gasteiger partial charge in [0.05, 0.1) is 11.6 Å². The fourth-order valence-corrected chi connectivity index (χ4v) is 3.26. The van der Waals surface area contributed by atoms with Crippen molar-refractivity contribution < 1.29 is 4.74 Å². The first-order valence-electron chi connectivity index (χ1n) is 7.56. The number of nitrogens with one attached hydrogen (secondary N) is 1. The number of hydrogen-bond donors (Lipinski definition) is 1. The van der Waals surface area contributed by atoms with E-state index in [2.05, 4.69) is 30.9 Å². The van der Waals surface area contributed by atoms with Gasteiger partial charge in [0.15, 0.2) is 5.65 Å². The number of rotatable bonds is 3. The SMILES string of the molecule is Brc1cnc2nc(-c3cccc(OC4CCCC4)c3)[nH]c2c1. The molecule has 1 aliphatic carbocycles. The van der Waals surface area contributed by atoms with E-state index in [0.717, 1.165) is 45.6 Å². The van der Waals surface area contributed by atoms with Crippen molar-refractivity contribution in [3.63, 3.8) is 0 Å². The molecule has 0 spiro atoms. The molecule has 2 aromatic heterocycles. The predicted octanol–water partition coefficient (Wildman–Crippen LogP) is 4.71. The molecule has 1 fully saturated rings. The highest BCUT2D eigenvalue weighted by molar-refractivity contribution is 9.10. The van der Waals surface area contributed by atoms with Crippen LogP contribution in [-0.2, 0) is 0 Å². The Labute approximate surface area is 137 Å². The number of aromatic nitrogens is 3. The monoisotopic (exact) mass is 357 g/mol. The molecule has 1 aliphatic rings. The van der Waals surface area contributed by atoms with Crippen molar-refractivity contribution in [2.45, 2.75) is 31.8 Å². The van der Waals surface area contributed by atoms with Crippen LogP contribution in [0.25, 0.3) is 22.6 Å². The van der Waals surface area contributed by atoms with E-state index in [1.165, 1.54) is 12.8 Å². The van der Waals surface area contributed by atoms with E-state index in [-0.39, 0.29) is 0 Å². The number of pyridine rings is 1. The molecule has 1 saturated carbocycles. The normalized spacial score (nSPS) is 15.5. The van der Waals surface area contributed by atoms with E-state index in [1.54, 1.807) is 6.20 Å². The lowest BCUT2D eigenvalue weighted by Crippen LogP contribution is -2.10.